The number of ether oxygens (including phenoxy) is 2. The molecule has 0 unspecified atom stereocenters. The van der Waals surface area contributed by atoms with Crippen molar-refractivity contribution >= 4 is 24.3 Å². The van der Waals surface area contributed by atoms with Crippen LogP contribution in [0.25, 0.3) is 24.3 Å². The summed E-state index contributed by atoms with van der Waals surface area (Å²) in [5.74, 6) is 2.47. The summed E-state index contributed by atoms with van der Waals surface area (Å²) in [6.07, 6.45) is 7.98. The van der Waals surface area contributed by atoms with Crippen molar-refractivity contribution in [1.82, 2.24) is 0 Å². The van der Waals surface area contributed by atoms with E-state index in [1.165, 1.54) is 5.56 Å². The lowest BCUT2D eigenvalue weighted by Gasteiger charge is -2.17. The minimum absolute atomic E-state index is 0.0900. The average Bonchev–Trinajstić information content (AvgIpc) is 2.95. The number of rotatable bonds is 8. The molecule has 2 N–H and O–H groups in total. The highest BCUT2D eigenvalue weighted by atomic mass is 16.5. The second-order valence-electron chi connectivity index (χ2n) is 10.1. The van der Waals surface area contributed by atoms with Crippen LogP contribution < -0.4 is 9.47 Å². The van der Waals surface area contributed by atoms with Gasteiger partial charge in [-0.1, -0.05) is 113 Å². The molecule has 0 aliphatic heterocycles. The van der Waals surface area contributed by atoms with Crippen LogP contribution in [0.2, 0.25) is 0 Å². The summed E-state index contributed by atoms with van der Waals surface area (Å²) in [7, 11) is 3.40. The summed E-state index contributed by atoms with van der Waals surface area (Å²) < 4.78 is 11.1. The third kappa shape index (κ3) is 8.28. The Labute approximate surface area is 238 Å². The third-order valence-corrected chi connectivity index (χ3v) is 6.42. The van der Waals surface area contributed by atoms with E-state index in [0.29, 0.717) is 11.5 Å². The van der Waals surface area contributed by atoms with Crippen LogP contribution >= 0.6 is 0 Å². The van der Waals surface area contributed by atoms with Gasteiger partial charge in [0.2, 0.25) is 0 Å². The zero-order chi connectivity index (χ0) is 29.1. The van der Waals surface area contributed by atoms with Gasteiger partial charge in [-0.2, -0.15) is 0 Å². The molecule has 0 spiro atoms. The molecular formula is C36H40O4. The van der Waals surface area contributed by atoms with Crippen molar-refractivity contribution in [2.24, 2.45) is 0 Å². The van der Waals surface area contributed by atoms with E-state index in [2.05, 4.69) is 50.3 Å². The predicted octanol–water partition coefficient (Wildman–Crippen LogP) is 9.39. The van der Waals surface area contributed by atoms with Crippen LogP contribution in [0, 0.1) is 0 Å². The number of hydrogen-bond donors (Lipinski definition) is 2. The fraction of sp³-hybridized carbons (Fsp3) is 0.222. The highest BCUT2D eigenvalue weighted by Crippen LogP contribution is 2.37. The van der Waals surface area contributed by atoms with E-state index in [9.17, 15) is 10.2 Å². The Bertz CT molecular complexity index is 1370. The highest BCUT2D eigenvalue weighted by Gasteiger charge is 2.15. The zero-order valence-electron chi connectivity index (χ0n) is 24.3. The van der Waals surface area contributed by atoms with Crippen LogP contribution in [0.15, 0.2) is 84.9 Å². The number of benzene rings is 4. The Kier molecular flexibility index (Phi) is 11.0. The average molecular weight is 537 g/mol. The van der Waals surface area contributed by atoms with Crippen LogP contribution in [-0.4, -0.2) is 24.4 Å². The lowest BCUT2D eigenvalue weighted by molar-refractivity contribution is 0.382. The summed E-state index contributed by atoms with van der Waals surface area (Å²) in [6, 6.07) is 27.6. The highest BCUT2D eigenvalue weighted by molar-refractivity contribution is 5.73. The van der Waals surface area contributed by atoms with Crippen LogP contribution in [0.4, 0.5) is 0 Å². The minimum Gasteiger partial charge on any atom is -0.507 e. The van der Waals surface area contributed by atoms with E-state index in [4.69, 9.17) is 9.47 Å². The van der Waals surface area contributed by atoms with Gasteiger partial charge in [-0.25, -0.2) is 0 Å². The number of methoxy groups -OCH3 is 2. The molecule has 40 heavy (non-hydrogen) atoms. The van der Waals surface area contributed by atoms with Crippen molar-refractivity contribution in [1.29, 1.82) is 0 Å². The first-order valence-corrected chi connectivity index (χ1v) is 13.5. The molecule has 0 aromatic heterocycles. The molecule has 4 aromatic rings. The normalized spacial score (nSPS) is 11.2. The third-order valence-electron chi connectivity index (χ3n) is 6.42. The predicted molar refractivity (Wildman–Crippen MR) is 168 cm³/mol. The molecule has 208 valence electrons. The van der Waals surface area contributed by atoms with Crippen molar-refractivity contribution in [2.75, 3.05) is 14.2 Å². The molecule has 0 saturated heterocycles. The molecule has 0 amide bonds. The molecule has 4 rings (SSSR count). The fourth-order valence-corrected chi connectivity index (χ4v) is 4.47. The van der Waals surface area contributed by atoms with Crippen molar-refractivity contribution < 1.29 is 19.7 Å². The van der Waals surface area contributed by atoms with Crippen LogP contribution in [0.1, 0.15) is 72.9 Å². The van der Waals surface area contributed by atoms with Gasteiger partial charge in [0, 0.05) is 11.1 Å². The first-order chi connectivity index (χ1) is 19.2. The van der Waals surface area contributed by atoms with Crippen LogP contribution in [0.3, 0.4) is 0 Å². The van der Waals surface area contributed by atoms with Gasteiger partial charge in [0.05, 0.1) is 14.2 Å². The van der Waals surface area contributed by atoms with E-state index in [1.807, 2.05) is 74.5 Å². The van der Waals surface area contributed by atoms with E-state index < -0.39 is 0 Å². The Morgan fingerprint density at radius 3 is 1.20 bits per heavy atom. The molecule has 0 saturated carbocycles. The summed E-state index contributed by atoms with van der Waals surface area (Å²) in [4.78, 5) is 0. The van der Waals surface area contributed by atoms with Crippen molar-refractivity contribution in [3.05, 3.63) is 118 Å². The molecule has 4 heteroatoms. The number of hydrogen-bond acceptors (Lipinski definition) is 4. The smallest absolute Gasteiger partial charge is 0.126 e. The Morgan fingerprint density at radius 1 is 0.500 bits per heavy atom. The van der Waals surface area contributed by atoms with Gasteiger partial charge in [0.25, 0.3) is 0 Å². The second kappa shape index (κ2) is 14.6. The van der Waals surface area contributed by atoms with Crippen molar-refractivity contribution in [3.63, 3.8) is 0 Å². The first-order valence-electron chi connectivity index (χ1n) is 13.5. The molecule has 0 heterocycles. The van der Waals surface area contributed by atoms with Gasteiger partial charge in [0.15, 0.2) is 0 Å². The van der Waals surface area contributed by atoms with Crippen molar-refractivity contribution in [2.45, 2.75) is 39.5 Å². The Morgan fingerprint density at radius 2 is 0.850 bits per heavy atom. The summed E-state index contributed by atoms with van der Waals surface area (Å²) >= 11 is 0. The van der Waals surface area contributed by atoms with E-state index >= 15 is 0 Å². The maximum atomic E-state index is 9.95. The second-order valence-corrected chi connectivity index (χ2v) is 10.1. The first kappa shape index (κ1) is 30.1. The van der Waals surface area contributed by atoms with Gasteiger partial charge in [0.1, 0.15) is 23.0 Å². The lowest BCUT2D eigenvalue weighted by atomic mass is 9.98. The van der Waals surface area contributed by atoms with Gasteiger partial charge in [-0.3, -0.25) is 0 Å². The number of phenols is 2. The van der Waals surface area contributed by atoms with Gasteiger partial charge in [-0.05, 0) is 58.4 Å². The summed E-state index contributed by atoms with van der Waals surface area (Å²) in [6.45, 7) is 8.15. The lowest BCUT2D eigenvalue weighted by Crippen LogP contribution is -1.99. The minimum atomic E-state index is 0.0900. The Balaban J connectivity index is 0.000000222. The van der Waals surface area contributed by atoms with E-state index in [0.717, 1.165) is 33.8 Å². The van der Waals surface area contributed by atoms with Gasteiger partial charge < -0.3 is 19.7 Å². The molecule has 4 aromatic carbocycles. The molecule has 0 aliphatic carbocycles. The summed E-state index contributed by atoms with van der Waals surface area (Å²) in [5.41, 5.74) is 5.80. The topological polar surface area (TPSA) is 58.9 Å². The van der Waals surface area contributed by atoms with Crippen molar-refractivity contribution in [3.8, 4) is 23.0 Å². The van der Waals surface area contributed by atoms with E-state index in [1.54, 1.807) is 26.4 Å². The molecule has 0 aliphatic rings. The quantitative estimate of drug-likeness (QED) is 0.220. The van der Waals surface area contributed by atoms with Gasteiger partial charge in [-0.15, -0.1) is 0 Å². The van der Waals surface area contributed by atoms with E-state index in [-0.39, 0.29) is 17.4 Å². The SMILES string of the molecule is CC(C)c1c(O)cc(/C=C/c2ccccc2)cc1O.COc1cc(/C=C/c2ccccc2)cc(OC)c1C(C)C. The molecule has 4 nitrogen and oxygen atoms in total. The fourth-order valence-electron chi connectivity index (χ4n) is 4.47. The largest absolute Gasteiger partial charge is 0.507 e. The maximum absolute atomic E-state index is 9.95. The standard InChI is InChI=1S/C19H22O2.C17H18O2/c1-14(2)19-17(20-3)12-16(13-18(19)21-4)11-10-15-8-6-5-7-9-15;1-12(2)17-15(18)10-14(11-16(17)19)9-8-13-6-4-3-5-7-13/h5-14H,1-4H3;3-12,18-19H,1-2H3/b11-10+;9-8+. The number of phenolic OH excluding ortho intramolecular Hbond substituents is 2. The summed E-state index contributed by atoms with van der Waals surface area (Å²) in [5, 5.41) is 19.9. The molecule has 0 fully saturated rings. The Hall–Kier alpha value is -4.44. The van der Waals surface area contributed by atoms with Crippen LogP contribution in [-0.2, 0) is 0 Å². The molecular weight excluding hydrogens is 496 g/mol. The monoisotopic (exact) mass is 536 g/mol. The molecule has 0 radical (unpaired) electrons. The maximum Gasteiger partial charge on any atom is 0.126 e. The molecule has 0 atom stereocenters. The van der Waals surface area contributed by atoms with Gasteiger partial charge >= 0.3 is 0 Å². The number of aromatic hydroxyl groups is 2. The zero-order valence-corrected chi connectivity index (χ0v) is 24.3. The van der Waals surface area contributed by atoms with Crippen LogP contribution in [0.5, 0.6) is 23.0 Å². The molecule has 0 bridgehead atoms.